The summed E-state index contributed by atoms with van der Waals surface area (Å²) in [6, 6.07) is 14.9. The summed E-state index contributed by atoms with van der Waals surface area (Å²) >= 11 is 0. The van der Waals surface area contributed by atoms with Gasteiger partial charge < -0.3 is 29.4 Å². The number of ether oxygens (including phenoxy) is 1. The summed E-state index contributed by atoms with van der Waals surface area (Å²) in [6.45, 7) is 7.83. The van der Waals surface area contributed by atoms with Crippen molar-refractivity contribution in [2.24, 2.45) is 0 Å². The zero-order chi connectivity index (χ0) is 26.6. The Morgan fingerprint density at radius 3 is 2.74 bits per heavy atom. The van der Waals surface area contributed by atoms with Crippen LogP contribution >= 0.6 is 0 Å². The molecule has 2 aromatic carbocycles. The number of aliphatic hydroxyl groups is 1. The van der Waals surface area contributed by atoms with Crippen LogP contribution in [0.5, 0.6) is 6.01 Å². The second-order valence-corrected chi connectivity index (χ2v) is 10.1. The molecule has 3 aromatic rings. The van der Waals surface area contributed by atoms with Gasteiger partial charge in [-0.3, -0.25) is 4.79 Å². The van der Waals surface area contributed by atoms with Gasteiger partial charge in [0.2, 0.25) is 5.91 Å². The van der Waals surface area contributed by atoms with Crippen molar-refractivity contribution in [1.82, 2.24) is 19.8 Å². The molecular formula is C29H36N6O3. The van der Waals surface area contributed by atoms with Crippen LogP contribution < -0.4 is 14.5 Å². The van der Waals surface area contributed by atoms with E-state index in [4.69, 9.17) is 14.7 Å². The molecule has 38 heavy (non-hydrogen) atoms. The third-order valence-electron chi connectivity index (χ3n) is 7.35. The highest BCUT2D eigenvalue weighted by Crippen LogP contribution is 2.34. The highest BCUT2D eigenvalue weighted by atomic mass is 16.5. The molecule has 1 atom stereocenters. The zero-order valence-corrected chi connectivity index (χ0v) is 22.2. The Bertz CT molecular complexity index is 1310. The van der Waals surface area contributed by atoms with E-state index in [1.165, 1.54) is 22.5 Å². The molecule has 1 aromatic heterocycles. The number of carbonyl (C=O) groups is 1. The fourth-order valence-electron chi connectivity index (χ4n) is 5.34. The molecule has 3 heterocycles. The van der Waals surface area contributed by atoms with E-state index >= 15 is 0 Å². The number of anilines is 2. The number of hydrogen-bond acceptors (Lipinski definition) is 8. The molecule has 5 rings (SSSR count). The monoisotopic (exact) mass is 516 g/mol. The predicted octanol–water partition coefficient (Wildman–Crippen LogP) is 2.33. The largest absolute Gasteiger partial charge is 0.462 e. The smallest absolute Gasteiger partial charge is 0.318 e. The zero-order valence-electron chi connectivity index (χ0n) is 22.2. The fraction of sp³-hybridized carbons (Fsp3) is 0.414. The Balaban J connectivity index is 1.47. The van der Waals surface area contributed by atoms with Crippen LogP contribution in [0.2, 0.25) is 0 Å². The number of hydrogen-bond donors (Lipinski definition) is 1. The van der Waals surface area contributed by atoms with Crippen LogP contribution in [-0.4, -0.2) is 96.9 Å². The van der Waals surface area contributed by atoms with Crippen molar-refractivity contribution in [3.63, 3.8) is 0 Å². The minimum atomic E-state index is -0.325. The summed E-state index contributed by atoms with van der Waals surface area (Å²) in [5, 5.41) is 12.5. The number of carbonyl (C=O) groups excluding carboxylic acids is 1. The summed E-state index contributed by atoms with van der Waals surface area (Å²) in [5.74, 6) is 0.684. The van der Waals surface area contributed by atoms with Gasteiger partial charge in [-0.1, -0.05) is 43.0 Å². The maximum Gasteiger partial charge on any atom is 0.318 e. The van der Waals surface area contributed by atoms with E-state index in [1.54, 1.807) is 4.90 Å². The molecule has 200 valence electrons. The standard InChI is InChI=1S/C29H36N6O3/c1-4-27(37)35-15-14-34(18-22(35)20-36)28-24-12-13-33(26-11-7-9-21-8-5-6-10-23(21)26)19-25(24)30-29(31-28)38-17-16-32(2)3/h4-11,22,36H,1,12-20H2,2-3H3. The summed E-state index contributed by atoms with van der Waals surface area (Å²) in [7, 11) is 4.01. The molecule has 9 heteroatoms. The molecule has 1 unspecified atom stereocenters. The Kier molecular flexibility index (Phi) is 7.76. The summed E-state index contributed by atoms with van der Waals surface area (Å²) in [5.41, 5.74) is 3.27. The lowest BCUT2D eigenvalue weighted by molar-refractivity contribution is -0.129. The van der Waals surface area contributed by atoms with Gasteiger partial charge in [-0.15, -0.1) is 0 Å². The van der Waals surface area contributed by atoms with Gasteiger partial charge in [-0.05, 0) is 38.0 Å². The average molecular weight is 517 g/mol. The van der Waals surface area contributed by atoms with E-state index in [0.29, 0.717) is 38.8 Å². The SMILES string of the molecule is C=CC(=O)N1CCN(c2nc(OCCN(C)C)nc3c2CCN(c2cccc4ccccc24)C3)CC1CO. The van der Waals surface area contributed by atoms with Gasteiger partial charge in [0.05, 0.1) is 24.9 Å². The quantitative estimate of drug-likeness (QED) is 0.457. The van der Waals surface area contributed by atoms with E-state index < -0.39 is 0 Å². The fourth-order valence-corrected chi connectivity index (χ4v) is 5.34. The topological polar surface area (TPSA) is 85.3 Å². The number of amides is 1. The van der Waals surface area contributed by atoms with E-state index in [-0.39, 0.29) is 18.6 Å². The van der Waals surface area contributed by atoms with Crippen LogP contribution in [0.1, 0.15) is 11.3 Å². The van der Waals surface area contributed by atoms with Gasteiger partial charge in [0.1, 0.15) is 12.4 Å². The minimum Gasteiger partial charge on any atom is -0.462 e. The molecule has 9 nitrogen and oxygen atoms in total. The molecule has 0 bridgehead atoms. The number of likely N-dealkylation sites (N-methyl/N-ethyl adjacent to an activating group) is 1. The first-order chi connectivity index (χ1) is 18.5. The summed E-state index contributed by atoms with van der Waals surface area (Å²) in [4.78, 5) is 30.4. The molecule has 0 radical (unpaired) electrons. The van der Waals surface area contributed by atoms with Crippen LogP contribution in [0.3, 0.4) is 0 Å². The van der Waals surface area contributed by atoms with E-state index in [1.807, 2.05) is 14.1 Å². The van der Waals surface area contributed by atoms with E-state index in [9.17, 15) is 9.90 Å². The van der Waals surface area contributed by atoms with Gasteiger partial charge >= 0.3 is 6.01 Å². The molecule has 0 spiro atoms. The number of aliphatic hydroxyl groups excluding tert-OH is 1. The summed E-state index contributed by atoms with van der Waals surface area (Å²) in [6.07, 6.45) is 2.10. The average Bonchev–Trinajstić information content (AvgIpc) is 2.95. The van der Waals surface area contributed by atoms with Crippen molar-refractivity contribution in [3.8, 4) is 6.01 Å². The Hall–Kier alpha value is -3.69. The van der Waals surface area contributed by atoms with Gasteiger partial charge in [0, 0.05) is 49.4 Å². The van der Waals surface area contributed by atoms with Gasteiger partial charge in [-0.2, -0.15) is 9.97 Å². The molecular weight excluding hydrogens is 480 g/mol. The van der Waals surface area contributed by atoms with Crippen LogP contribution in [0.4, 0.5) is 11.5 Å². The normalized spacial score (nSPS) is 17.6. The second kappa shape index (κ2) is 11.4. The highest BCUT2D eigenvalue weighted by molar-refractivity contribution is 5.94. The Morgan fingerprint density at radius 2 is 1.95 bits per heavy atom. The third kappa shape index (κ3) is 5.30. The predicted molar refractivity (Wildman–Crippen MR) is 150 cm³/mol. The van der Waals surface area contributed by atoms with Crippen molar-refractivity contribution >= 4 is 28.2 Å². The molecule has 1 saturated heterocycles. The third-order valence-corrected chi connectivity index (χ3v) is 7.35. The lowest BCUT2D eigenvalue weighted by Gasteiger charge is -2.42. The maximum atomic E-state index is 12.3. The molecule has 1 fully saturated rings. The second-order valence-electron chi connectivity index (χ2n) is 10.1. The van der Waals surface area contributed by atoms with Crippen LogP contribution in [0.15, 0.2) is 55.1 Å². The number of benzene rings is 2. The first-order valence-electron chi connectivity index (χ1n) is 13.2. The number of aromatic nitrogens is 2. The Labute approximate surface area is 223 Å². The van der Waals surface area contributed by atoms with E-state index in [0.717, 1.165) is 36.6 Å². The van der Waals surface area contributed by atoms with E-state index in [2.05, 4.69) is 63.7 Å². The molecule has 1 amide bonds. The molecule has 0 saturated carbocycles. The minimum absolute atomic E-state index is 0.121. The number of fused-ring (bicyclic) bond motifs is 2. The van der Waals surface area contributed by atoms with Crippen molar-refractivity contribution in [3.05, 3.63) is 66.4 Å². The van der Waals surface area contributed by atoms with Crippen LogP contribution in [0, 0.1) is 0 Å². The first-order valence-corrected chi connectivity index (χ1v) is 13.2. The first kappa shape index (κ1) is 25.9. The maximum absolute atomic E-state index is 12.3. The van der Waals surface area contributed by atoms with Crippen LogP contribution in [0.25, 0.3) is 10.8 Å². The molecule has 0 aliphatic carbocycles. The molecule has 2 aliphatic heterocycles. The van der Waals surface area contributed by atoms with Crippen LogP contribution in [-0.2, 0) is 17.8 Å². The number of piperazine rings is 1. The summed E-state index contributed by atoms with van der Waals surface area (Å²) < 4.78 is 6.02. The van der Waals surface area contributed by atoms with Crippen molar-refractivity contribution in [1.29, 1.82) is 0 Å². The molecule has 2 aliphatic rings. The highest BCUT2D eigenvalue weighted by Gasteiger charge is 2.33. The Morgan fingerprint density at radius 1 is 1.13 bits per heavy atom. The van der Waals surface area contributed by atoms with Gasteiger partial charge in [-0.25, -0.2) is 0 Å². The molecule has 1 N–H and O–H groups in total. The van der Waals surface area contributed by atoms with Crippen molar-refractivity contribution in [2.45, 2.75) is 19.0 Å². The lowest BCUT2D eigenvalue weighted by Crippen LogP contribution is -2.57. The van der Waals surface area contributed by atoms with Crippen molar-refractivity contribution < 1.29 is 14.6 Å². The van der Waals surface area contributed by atoms with Gasteiger partial charge in [0.15, 0.2) is 0 Å². The number of rotatable bonds is 8. The van der Waals surface area contributed by atoms with Crippen molar-refractivity contribution in [2.75, 3.05) is 69.8 Å². The lowest BCUT2D eigenvalue weighted by atomic mass is 10.0. The van der Waals surface area contributed by atoms with Gasteiger partial charge in [0.25, 0.3) is 0 Å². The number of nitrogens with zero attached hydrogens (tertiary/aromatic N) is 6.